The Balaban J connectivity index is 2.81. The average molecular weight is 213 g/mol. The zero-order chi connectivity index (χ0) is 9.42. The number of thiophene rings is 1. The van der Waals surface area contributed by atoms with Gasteiger partial charge in [0.1, 0.15) is 10.6 Å². The molecule has 0 amide bonds. The fourth-order valence-corrected chi connectivity index (χ4v) is 2.30. The zero-order valence-electron chi connectivity index (χ0n) is 6.45. The molecule has 0 aliphatic heterocycles. The predicted molar refractivity (Wildman–Crippen MR) is 53.9 cm³/mol. The summed E-state index contributed by atoms with van der Waals surface area (Å²) >= 11 is 7.03. The van der Waals surface area contributed by atoms with Crippen LogP contribution in [0.3, 0.4) is 0 Å². The molecule has 0 fully saturated rings. The molecule has 2 aromatic rings. The smallest absolute Gasteiger partial charge is 0.152 e. The number of halogens is 1. The molecule has 1 N–H and O–H groups in total. The van der Waals surface area contributed by atoms with Crippen molar-refractivity contribution < 1.29 is 9.90 Å². The highest BCUT2D eigenvalue weighted by atomic mass is 35.5. The molecule has 0 aliphatic carbocycles. The van der Waals surface area contributed by atoms with Crippen molar-refractivity contribution in [2.75, 3.05) is 0 Å². The first-order chi connectivity index (χ1) is 6.22. The average Bonchev–Trinajstić information content (AvgIpc) is 2.43. The molecule has 0 saturated heterocycles. The summed E-state index contributed by atoms with van der Waals surface area (Å²) in [6.45, 7) is 0. The van der Waals surface area contributed by atoms with Gasteiger partial charge in [-0.1, -0.05) is 17.7 Å². The van der Waals surface area contributed by atoms with Crippen molar-refractivity contribution in [3.05, 3.63) is 28.1 Å². The van der Waals surface area contributed by atoms with Gasteiger partial charge >= 0.3 is 0 Å². The second kappa shape index (κ2) is 3.01. The Morgan fingerprint density at radius 1 is 1.46 bits per heavy atom. The number of hydrogen-bond donors (Lipinski definition) is 1. The summed E-state index contributed by atoms with van der Waals surface area (Å²) in [5.74, 6) is 0.0605. The van der Waals surface area contributed by atoms with Crippen LogP contribution in [-0.4, -0.2) is 11.4 Å². The molecule has 0 radical (unpaired) electrons. The van der Waals surface area contributed by atoms with Gasteiger partial charge in [0.25, 0.3) is 0 Å². The highest BCUT2D eigenvalue weighted by Crippen LogP contribution is 2.40. The van der Waals surface area contributed by atoms with Crippen LogP contribution in [0.1, 0.15) is 10.4 Å². The second-order valence-corrected chi connectivity index (χ2v) is 4.25. The first kappa shape index (κ1) is 8.53. The van der Waals surface area contributed by atoms with Crippen molar-refractivity contribution in [1.82, 2.24) is 0 Å². The van der Waals surface area contributed by atoms with E-state index in [1.54, 1.807) is 18.2 Å². The van der Waals surface area contributed by atoms with Crippen LogP contribution in [0.25, 0.3) is 10.1 Å². The van der Waals surface area contributed by atoms with Crippen LogP contribution in [0.5, 0.6) is 5.75 Å². The van der Waals surface area contributed by atoms with Crippen LogP contribution < -0.4 is 0 Å². The molecule has 0 spiro atoms. The normalized spacial score (nSPS) is 10.5. The SMILES string of the molecule is O=Cc1ccc2sc(Cl)c(O)c2c1. The molecule has 0 saturated carbocycles. The number of benzene rings is 1. The number of rotatable bonds is 1. The standard InChI is InChI=1S/C9H5ClO2S/c10-9-8(12)6-3-5(4-11)1-2-7(6)13-9/h1-4,12H. The van der Waals surface area contributed by atoms with E-state index in [0.717, 1.165) is 11.0 Å². The summed E-state index contributed by atoms with van der Waals surface area (Å²) in [6.07, 6.45) is 0.741. The molecular weight excluding hydrogens is 208 g/mol. The Morgan fingerprint density at radius 3 is 2.92 bits per heavy atom. The van der Waals surface area contributed by atoms with Gasteiger partial charge < -0.3 is 5.11 Å². The van der Waals surface area contributed by atoms with Gasteiger partial charge in [0.05, 0.1) is 0 Å². The molecule has 2 rings (SSSR count). The Labute approximate surface area is 83.4 Å². The topological polar surface area (TPSA) is 37.3 Å². The molecule has 66 valence electrons. The Hall–Kier alpha value is -1.06. The molecule has 0 unspecified atom stereocenters. The third-order valence-electron chi connectivity index (χ3n) is 1.78. The monoisotopic (exact) mass is 212 g/mol. The van der Waals surface area contributed by atoms with Gasteiger partial charge in [0.2, 0.25) is 0 Å². The van der Waals surface area contributed by atoms with Gasteiger partial charge in [-0.3, -0.25) is 4.79 Å². The molecule has 1 aromatic heterocycles. The van der Waals surface area contributed by atoms with E-state index in [2.05, 4.69) is 0 Å². The first-order valence-corrected chi connectivity index (χ1v) is 4.78. The van der Waals surface area contributed by atoms with Crippen LogP contribution in [-0.2, 0) is 0 Å². The van der Waals surface area contributed by atoms with Gasteiger partial charge in [-0.15, -0.1) is 11.3 Å². The molecule has 0 bridgehead atoms. The first-order valence-electron chi connectivity index (χ1n) is 3.58. The molecule has 1 aromatic carbocycles. The summed E-state index contributed by atoms with van der Waals surface area (Å²) in [6, 6.07) is 5.09. The number of carbonyl (C=O) groups is 1. The minimum Gasteiger partial charge on any atom is -0.505 e. The number of aldehydes is 1. The minimum absolute atomic E-state index is 0.0605. The lowest BCUT2D eigenvalue weighted by Crippen LogP contribution is -1.76. The third-order valence-corrected chi connectivity index (χ3v) is 3.14. The Bertz CT molecular complexity index is 476. The molecule has 0 atom stereocenters. The zero-order valence-corrected chi connectivity index (χ0v) is 8.02. The summed E-state index contributed by atoms with van der Waals surface area (Å²) < 4.78 is 1.24. The molecule has 4 heteroatoms. The van der Waals surface area contributed by atoms with Crippen LogP contribution in [0.4, 0.5) is 0 Å². The minimum atomic E-state index is 0.0605. The highest BCUT2D eigenvalue weighted by molar-refractivity contribution is 7.23. The lowest BCUT2D eigenvalue weighted by Gasteiger charge is -1.91. The van der Waals surface area contributed by atoms with Crippen LogP contribution in [0.2, 0.25) is 4.34 Å². The lowest BCUT2D eigenvalue weighted by molar-refractivity contribution is 0.112. The van der Waals surface area contributed by atoms with Crippen molar-refractivity contribution in [2.24, 2.45) is 0 Å². The van der Waals surface area contributed by atoms with E-state index in [-0.39, 0.29) is 5.75 Å². The summed E-state index contributed by atoms with van der Waals surface area (Å²) in [5.41, 5.74) is 0.539. The van der Waals surface area contributed by atoms with Crippen molar-refractivity contribution in [1.29, 1.82) is 0 Å². The maximum absolute atomic E-state index is 10.5. The Morgan fingerprint density at radius 2 is 2.23 bits per heavy atom. The molecule has 2 nitrogen and oxygen atoms in total. The van der Waals surface area contributed by atoms with E-state index in [1.807, 2.05) is 0 Å². The van der Waals surface area contributed by atoms with E-state index < -0.39 is 0 Å². The summed E-state index contributed by atoms with van der Waals surface area (Å²) in [4.78, 5) is 10.5. The van der Waals surface area contributed by atoms with Gasteiger partial charge in [-0.2, -0.15) is 0 Å². The largest absolute Gasteiger partial charge is 0.505 e. The maximum Gasteiger partial charge on any atom is 0.152 e. The van der Waals surface area contributed by atoms with Gasteiger partial charge in [-0.25, -0.2) is 0 Å². The van der Waals surface area contributed by atoms with Crippen molar-refractivity contribution in [3.8, 4) is 5.75 Å². The fourth-order valence-electron chi connectivity index (χ4n) is 1.15. The van der Waals surface area contributed by atoms with E-state index >= 15 is 0 Å². The maximum atomic E-state index is 10.5. The van der Waals surface area contributed by atoms with Crippen molar-refractivity contribution in [2.45, 2.75) is 0 Å². The van der Waals surface area contributed by atoms with E-state index in [0.29, 0.717) is 15.3 Å². The third kappa shape index (κ3) is 1.30. The van der Waals surface area contributed by atoms with Crippen LogP contribution in [0, 0.1) is 0 Å². The van der Waals surface area contributed by atoms with Gasteiger partial charge in [-0.05, 0) is 12.1 Å². The van der Waals surface area contributed by atoms with E-state index in [4.69, 9.17) is 11.6 Å². The summed E-state index contributed by atoms with van der Waals surface area (Å²) in [7, 11) is 0. The van der Waals surface area contributed by atoms with Crippen molar-refractivity contribution in [3.63, 3.8) is 0 Å². The predicted octanol–water partition coefficient (Wildman–Crippen LogP) is 3.07. The van der Waals surface area contributed by atoms with Gasteiger partial charge in [0, 0.05) is 15.6 Å². The molecule has 1 heterocycles. The quantitative estimate of drug-likeness (QED) is 0.738. The van der Waals surface area contributed by atoms with Crippen LogP contribution in [0.15, 0.2) is 18.2 Å². The van der Waals surface area contributed by atoms with Crippen LogP contribution >= 0.6 is 22.9 Å². The fraction of sp³-hybridized carbons (Fsp3) is 0. The number of hydrogen-bond acceptors (Lipinski definition) is 3. The molecule has 13 heavy (non-hydrogen) atoms. The summed E-state index contributed by atoms with van der Waals surface area (Å²) in [5, 5.41) is 10.1. The van der Waals surface area contributed by atoms with Crippen molar-refractivity contribution >= 4 is 39.3 Å². The van der Waals surface area contributed by atoms with E-state index in [1.165, 1.54) is 11.3 Å². The Kier molecular flexibility index (Phi) is 1.98. The van der Waals surface area contributed by atoms with E-state index in [9.17, 15) is 9.90 Å². The highest BCUT2D eigenvalue weighted by Gasteiger charge is 2.08. The molecular formula is C9H5ClO2S. The number of carbonyl (C=O) groups excluding carboxylic acids is 1. The second-order valence-electron chi connectivity index (χ2n) is 2.60. The molecule has 0 aliphatic rings. The van der Waals surface area contributed by atoms with Gasteiger partial charge in [0.15, 0.2) is 5.75 Å². The number of fused-ring (bicyclic) bond motifs is 1. The number of aromatic hydroxyl groups is 1. The lowest BCUT2D eigenvalue weighted by atomic mass is 10.2.